The minimum absolute atomic E-state index is 0.0992. The third-order valence-electron chi connectivity index (χ3n) is 1.84. The molecule has 0 aliphatic heterocycles. The van der Waals surface area contributed by atoms with Gasteiger partial charge in [0.1, 0.15) is 5.82 Å². The molecule has 0 aliphatic carbocycles. The third kappa shape index (κ3) is 2.24. The summed E-state index contributed by atoms with van der Waals surface area (Å²) < 4.78 is 38.2. The van der Waals surface area contributed by atoms with Gasteiger partial charge in [0.05, 0.1) is 6.10 Å². The molecule has 1 aromatic rings. The highest BCUT2D eigenvalue weighted by atomic mass is 19.2. The van der Waals surface area contributed by atoms with Crippen LogP contribution in [0.25, 0.3) is 0 Å². The highest BCUT2D eigenvalue weighted by molar-refractivity contribution is 5.22. The summed E-state index contributed by atoms with van der Waals surface area (Å²) in [4.78, 5) is 0. The second-order valence-corrected chi connectivity index (χ2v) is 2.88. The van der Waals surface area contributed by atoms with Crippen LogP contribution in [0.15, 0.2) is 12.1 Å². The van der Waals surface area contributed by atoms with Crippen molar-refractivity contribution in [1.29, 1.82) is 0 Å². The lowest BCUT2D eigenvalue weighted by Gasteiger charge is -2.10. The maximum Gasteiger partial charge on any atom is 0.161 e. The van der Waals surface area contributed by atoms with Crippen molar-refractivity contribution in [2.75, 3.05) is 6.54 Å². The van der Waals surface area contributed by atoms with Gasteiger partial charge in [-0.2, -0.15) is 0 Å². The first-order chi connectivity index (χ1) is 6.56. The monoisotopic (exact) mass is 205 g/mol. The second-order valence-electron chi connectivity index (χ2n) is 2.88. The molecule has 0 saturated heterocycles. The number of aliphatic hydroxyl groups excluding tert-OH is 1. The third-order valence-corrected chi connectivity index (χ3v) is 1.84. The molecule has 0 radical (unpaired) electrons. The smallest absolute Gasteiger partial charge is 0.161 e. The average molecular weight is 205 g/mol. The molecule has 0 aliphatic rings. The molecule has 0 unspecified atom stereocenters. The van der Waals surface area contributed by atoms with E-state index in [0.717, 1.165) is 0 Å². The van der Waals surface area contributed by atoms with E-state index in [1.54, 1.807) is 0 Å². The average Bonchev–Trinajstić information content (AvgIpc) is 2.11. The van der Waals surface area contributed by atoms with Gasteiger partial charge in [0.25, 0.3) is 0 Å². The van der Waals surface area contributed by atoms with Crippen LogP contribution in [-0.4, -0.2) is 11.7 Å². The molecule has 0 fully saturated rings. The molecule has 0 heterocycles. The van der Waals surface area contributed by atoms with Crippen molar-refractivity contribution in [2.45, 2.75) is 12.5 Å². The molecule has 3 N–H and O–H groups in total. The van der Waals surface area contributed by atoms with Gasteiger partial charge in [0.15, 0.2) is 11.6 Å². The zero-order valence-corrected chi connectivity index (χ0v) is 7.30. The summed E-state index contributed by atoms with van der Waals surface area (Å²) in [6, 6.07) is 1.05. The number of halogens is 3. The summed E-state index contributed by atoms with van der Waals surface area (Å²) in [6.45, 7) is 0.138. The van der Waals surface area contributed by atoms with Gasteiger partial charge < -0.3 is 10.8 Å². The lowest BCUT2D eigenvalue weighted by Crippen LogP contribution is -2.09. The molecule has 5 heteroatoms. The van der Waals surface area contributed by atoms with Crippen LogP contribution in [0.3, 0.4) is 0 Å². The Morgan fingerprint density at radius 1 is 1.14 bits per heavy atom. The molecule has 0 bridgehead atoms. The van der Waals surface area contributed by atoms with Crippen molar-refractivity contribution in [2.24, 2.45) is 5.73 Å². The number of benzene rings is 1. The highest BCUT2D eigenvalue weighted by Crippen LogP contribution is 2.22. The Kier molecular flexibility index (Phi) is 3.49. The summed E-state index contributed by atoms with van der Waals surface area (Å²) in [5.41, 5.74) is 4.87. The van der Waals surface area contributed by atoms with Gasteiger partial charge in [-0.1, -0.05) is 0 Å². The fourth-order valence-corrected chi connectivity index (χ4v) is 1.11. The highest BCUT2D eigenvalue weighted by Gasteiger charge is 2.15. The van der Waals surface area contributed by atoms with Crippen molar-refractivity contribution < 1.29 is 18.3 Å². The number of rotatable bonds is 3. The maximum atomic E-state index is 13.0. The zero-order valence-electron chi connectivity index (χ0n) is 7.30. The molecule has 1 rings (SSSR count). The Labute approximate surface area is 79.2 Å². The van der Waals surface area contributed by atoms with E-state index in [0.29, 0.717) is 12.1 Å². The normalized spacial score (nSPS) is 12.9. The molecule has 1 atom stereocenters. The standard InChI is InChI=1S/C9H10F3NO/c10-6-4-8(12)7(11)3-5(6)9(14)1-2-13/h3-4,9,14H,1-2,13H2/t9-/m0/s1. The number of nitrogens with two attached hydrogens (primary N) is 1. The summed E-state index contributed by atoms with van der Waals surface area (Å²) in [7, 11) is 0. The predicted octanol–water partition coefficient (Wildman–Crippen LogP) is 1.49. The second kappa shape index (κ2) is 4.43. The Morgan fingerprint density at radius 3 is 2.29 bits per heavy atom. The van der Waals surface area contributed by atoms with Gasteiger partial charge in [-0.05, 0) is 19.0 Å². The maximum absolute atomic E-state index is 13.0. The van der Waals surface area contributed by atoms with Crippen molar-refractivity contribution in [3.63, 3.8) is 0 Å². The van der Waals surface area contributed by atoms with Gasteiger partial charge in [-0.25, -0.2) is 13.2 Å². The minimum atomic E-state index is -1.27. The van der Waals surface area contributed by atoms with Gasteiger partial charge in [-0.15, -0.1) is 0 Å². The zero-order chi connectivity index (χ0) is 10.7. The van der Waals surface area contributed by atoms with Gasteiger partial charge in [0.2, 0.25) is 0 Å². The topological polar surface area (TPSA) is 46.2 Å². The molecule has 78 valence electrons. The fourth-order valence-electron chi connectivity index (χ4n) is 1.11. The molecule has 1 aromatic carbocycles. The van der Waals surface area contributed by atoms with Gasteiger partial charge in [-0.3, -0.25) is 0 Å². The van der Waals surface area contributed by atoms with Crippen molar-refractivity contribution in [3.05, 3.63) is 35.1 Å². The van der Waals surface area contributed by atoms with Crippen LogP contribution in [0.5, 0.6) is 0 Å². The van der Waals surface area contributed by atoms with Crippen LogP contribution < -0.4 is 5.73 Å². The van der Waals surface area contributed by atoms with E-state index in [1.165, 1.54) is 0 Å². The van der Waals surface area contributed by atoms with Crippen LogP contribution >= 0.6 is 0 Å². The number of aliphatic hydroxyl groups is 1. The van der Waals surface area contributed by atoms with Crippen LogP contribution in [0, 0.1) is 17.5 Å². The molecule has 0 amide bonds. The summed E-state index contributed by atoms with van der Waals surface area (Å²) in [5, 5.41) is 9.31. The van der Waals surface area contributed by atoms with E-state index in [1.807, 2.05) is 0 Å². The first-order valence-corrected chi connectivity index (χ1v) is 4.09. The van der Waals surface area contributed by atoms with E-state index >= 15 is 0 Å². The van der Waals surface area contributed by atoms with Crippen molar-refractivity contribution in [3.8, 4) is 0 Å². The SMILES string of the molecule is NCC[C@H](O)c1cc(F)c(F)cc1F. The molecule has 14 heavy (non-hydrogen) atoms. The lowest BCUT2D eigenvalue weighted by atomic mass is 10.1. The van der Waals surface area contributed by atoms with E-state index in [4.69, 9.17) is 5.73 Å². The first-order valence-electron chi connectivity index (χ1n) is 4.09. The summed E-state index contributed by atoms with van der Waals surface area (Å²) in [6.07, 6.45) is -1.10. The van der Waals surface area contributed by atoms with Gasteiger partial charge in [0, 0.05) is 11.6 Å². The van der Waals surface area contributed by atoms with Crippen LogP contribution in [-0.2, 0) is 0 Å². The predicted molar refractivity (Wildman–Crippen MR) is 44.9 cm³/mol. The van der Waals surface area contributed by atoms with Crippen LogP contribution in [0.1, 0.15) is 18.1 Å². The molecule has 0 saturated carbocycles. The fraction of sp³-hybridized carbons (Fsp3) is 0.333. The van der Waals surface area contributed by atoms with E-state index < -0.39 is 23.6 Å². The Hall–Kier alpha value is -1.07. The summed E-state index contributed by atoms with van der Waals surface area (Å²) >= 11 is 0. The number of hydrogen-bond acceptors (Lipinski definition) is 2. The lowest BCUT2D eigenvalue weighted by molar-refractivity contribution is 0.165. The molecule has 2 nitrogen and oxygen atoms in total. The largest absolute Gasteiger partial charge is 0.388 e. The molecule has 0 aromatic heterocycles. The summed E-state index contributed by atoms with van der Waals surface area (Å²) in [5.74, 6) is -3.42. The first kappa shape index (κ1) is 11.0. The van der Waals surface area contributed by atoms with Gasteiger partial charge >= 0.3 is 0 Å². The van der Waals surface area contributed by atoms with Crippen molar-refractivity contribution in [1.82, 2.24) is 0 Å². The quantitative estimate of drug-likeness (QED) is 0.734. The molecular weight excluding hydrogens is 195 g/mol. The van der Waals surface area contributed by atoms with E-state index in [-0.39, 0.29) is 18.5 Å². The molecular formula is C9H10F3NO. The molecule has 0 spiro atoms. The van der Waals surface area contributed by atoms with E-state index in [9.17, 15) is 18.3 Å². The van der Waals surface area contributed by atoms with Crippen molar-refractivity contribution >= 4 is 0 Å². The van der Waals surface area contributed by atoms with Crippen LogP contribution in [0.2, 0.25) is 0 Å². The number of hydrogen-bond donors (Lipinski definition) is 2. The van der Waals surface area contributed by atoms with E-state index in [2.05, 4.69) is 0 Å². The minimum Gasteiger partial charge on any atom is -0.388 e. The Balaban J connectivity index is 3.02. The Bertz CT molecular complexity index is 330. The Morgan fingerprint density at radius 2 is 1.71 bits per heavy atom. The van der Waals surface area contributed by atoms with Crippen LogP contribution in [0.4, 0.5) is 13.2 Å².